The van der Waals surface area contributed by atoms with Crippen molar-refractivity contribution in [2.75, 3.05) is 38.6 Å². The summed E-state index contributed by atoms with van der Waals surface area (Å²) in [5.74, 6) is 0.828. The minimum Gasteiger partial charge on any atom is -0.492 e. The number of rotatable bonds is 7. The van der Waals surface area contributed by atoms with E-state index in [1.54, 1.807) is 0 Å². The third kappa shape index (κ3) is 4.51. The molecule has 0 aromatic heterocycles. The molecule has 0 spiro atoms. The van der Waals surface area contributed by atoms with Gasteiger partial charge in [-0.3, -0.25) is 4.90 Å². The van der Waals surface area contributed by atoms with Crippen LogP contribution in [-0.4, -0.2) is 42.9 Å². The Hall–Kier alpha value is -1.26. The highest BCUT2D eigenvalue weighted by atomic mass is 16.5. The normalized spacial score (nSPS) is 10.7. The standard InChI is InChI=1S/C12H20N2O2/c1-2-14(7-9-15)8-10-16-12-5-3-11(13)4-6-12/h3-6,15H,2,7-10,13H2,1H3. The van der Waals surface area contributed by atoms with Gasteiger partial charge in [0.1, 0.15) is 12.4 Å². The second-order valence-electron chi connectivity index (χ2n) is 3.58. The third-order valence-corrected chi connectivity index (χ3v) is 2.42. The van der Waals surface area contributed by atoms with Gasteiger partial charge in [0.15, 0.2) is 0 Å². The lowest BCUT2D eigenvalue weighted by Gasteiger charge is -2.19. The summed E-state index contributed by atoms with van der Waals surface area (Å²) >= 11 is 0. The number of anilines is 1. The number of aliphatic hydroxyl groups excluding tert-OH is 1. The topological polar surface area (TPSA) is 58.7 Å². The molecule has 0 aliphatic heterocycles. The maximum absolute atomic E-state index is 8.82. The molecule has 0 fully saturated rings. The third-order valence-electron chi connectivity index (χ3n) is 2.42. The van der Waals surface area contributed by atoms with Crippen LogP contribution in [-0.2, 0) is 0 Å². The Kier molecular flexibility index (Phi) is 5.67. The fourth-order valence-electron chi connectivity index (χ4n) is 1.43. The van der Waals surface area contributed by atoms with Gasteiger partial charge < -0.3 is 15.6 Å². The Labute approximate surface area is 96.6 Å². The van der Waals surface area contributed by atoms with E-state index >= 15 is 0 Å². The van der Waals surface area contributed by atoms with Crippen molar-refractivity contribution in [1.29, 1.82) is 0 Å². The maximum Gasteiger partial charge on any atom is 0.119 e. The van der Waals surface area contributed by atoms with E-state index in [1.165, 1.54) is 0 Å². The summed E-state index contributed by atoms with van der Waals surface area (Å²) in [6.45, 7) is 5.32. The van der Waals surface area contributed by atoms with Crippen molar-refractivity contribution < 1.29 is 9.84 Å². The number of hydrogen-bond donors (Lipinski definition) is 2. The first-order valence-corrected chi connectivity index (χ1v) is 5.57. The highest BCUT2D eigenvalue weighted by molar-refractivity contribution is 5.41. The molecule has 1 aromatic carbocycles. The van der Waals surface area contributed by atoms with E-state index in [-0.39, 0.29) is 6.61 Å². The van der Waals surface area contributed by atoms with Crippen LogP contribution in [0.25, 0.3) is 0 Å². The molecule has 1 rings (SSSR count). The van der Waals surface area contributed by atoms with Gasteiger partial charge in [-0.05, 0) is 30.8 Å². The predicted octanol–water partition coefficient (Wildman–Crippen LogP) is 0.962. The van der Waals surface area contributed by atoms with Crippen LogP contribution < -0.4 is 10.5 Å². The lowest BCUT2D eigenvalue weighted by molar-refractivity contribution is 0.174. The van der Waals surface area contributed by atoms with Gasteiger partial charge in [0, 0.05) is 18.8 Å². The van der Waals surface area contributed by atoms with Gasteiger partial charge in [0.25, 0.3) is 0 Å². The highest BCUT2D eigenvalue weighted by Gasteiger charge is 2.01. The Morgan fingerprint density at radius 3 is 2.50 bits per heavy atom. The van der Waals surface area contributed by atoms with Gasteiger partial charge in [-0.1, -0.05) is 6.92 Å². The van der Waals surface area contributed by atoms with Gasteiger partial charge in [0.05, 0.1) is 6.61 Å². The van der Waals surface area contributed by atoms with E-state index in [4.69, 9.17) is 15.6 Å². The number of hydrogen-bond acceptors (Lipinski definition) is 4. The molecule has 3 N–H and O–H groups in total. The number of likely N-dealkylation sites (N-methyl/N-ethyl adjacent to an activating group) is 1. The molecule has 0 aliphatic rings. The maximum atomic E-state index is 8.82. The van der Waals surface area contributed by atoms with E-state index in [0.717, 1.165) is 24.5 Å². The number of benzene rings is 1. The Morgan fingerprint density at radius 2 is 1.94 bits per heavy atom. The van der Waals surface area contributed by atoms with E-state index in [0.29, 0.717) is 13.2 Å². The van der Waals surface area contributed by atoms with Gasteiger partial charge in [-0.15, -0.1) is 0 Å². The zero-order chi connectivity index (χ0) is 11.8. The molecule has 0 atom stereocenters. The van der Waals surface area contributed by atoms with E-state index in [2.05, 4.69) is 11.8 Å². The van der Waals surface area contributed by atoms with E-state index in [9.17, 15) is 0 Å². The van der Waals surface area contributed by atoms with Crippen molar-refractivity contribution in [1.82, 2.24) is 4.90 Å². The molecular formula is C12H20N2O2. The Bertz CT molecular complexity index is 288. The number of nitrogens with two attached hydrogens (primary N) is 1. The van der Waals surface area contributed by atoms with Crippen LogP contribution >= 0.6 is 0 Å². The minimum atomic E-state index is 0.190. The Morgan fingerprint density at radius 1 is 1.25 bits per heavy atom. The number of nitrogens with zero attached hydrogens (tertiary/aromatic N) is 1. The molecule has 0 heterocycles. The molecule has 0 amide bonds. The van der Waals surface area contributed by atoms with Crippen molar-refractivity contribution in [2.24, 2.45) is 0 Å². The molecular weight excluding hydrogens is 204 g/mol. The number of ether oxygens (including phenoxy) is 1. The predicted molar refractivity (Wildman–Crippen MR) is 65.5 cm³/mol. The smallest absolute Gasteiger partial charge is 0.119 e. The van der Waals surface area contributed by atoms with Crippen molar-refractivity contribution in [3.05, 3.63) is 24.3 Å². The molecule has 0 bridgehead atoms. The highest BCUT2D eigenvalue weighted by Crippen LogP contribution is 2.12. The monoisotopic (exact) mass is 224 g/mol. The minimum absolute atomic E-state index is 0.190. The van der Waals surface area contributed by atoms with Crippen LogP contribution in [0, 0.1) is 0 Å². The van der Waals surface area contributed by atoms with Crippen molar-refractivity contribution in [3.8, 4) is 5.75 Å². The van der Waals surface area contributed by atoms with Gasteiger partial charge >= 0.3 is 0 Å². The lowest BCUT2D eigenvalue weighted by atomic mass is 10.3. The zero-order valence-corrected chi connectivity index (χ0v) is 9.72. The SMILES string of the molecule is CCN(CCO)CCOc1ccc(N)cc1. The van der Waals surface area contributed by atoms with Crippen LogP contribution in [0.5, 0.6) is 5.75 Å². The second kappa shape index (κ2) is 7.09. The van der Waals surface area contributed by atoms with Crippen LogP contribution in [0.4, 0.5) is 5.69 Å². The first-order valence-electron chi connectivity index (χ1n) is 5.57. The molecule has 0 saturated heterocycles. The molecule has 16 heavy (non-hydrogen) atoms. The first-order chi connectivity index (χ1) is 7.76. The molecule has 0 aliphatic carbocycles. The van der Waals surface area contributed by atoms with Crippen molar-refractivity contribution >= 4 is 5.69 Å². The molecule has 0 radical (unpaired) electrons. The summed E-state index contributed by atoms with van der Waals surface area (Å²) in [6.07, 6.45) is 0. The Balaban J connectivity index is 2.26. The fourth-order valence-corrected chi connectivity index (χ4v) is 1.43. The molecule has 0 saturated carbocycles. The average molecular weight is 224 g/mol. The van der Waals surface area contributed by atoms with Crippen LogP contribution in [0.3, 0.4) is 0 Å². The first kappa shape index (κ1) is 12.8. The summed E-state index contributed by atoms with van der Waals surface area (Å²) in [5.41, 5.74) is 6.31. The molecule has 4 heteroatoms. The molecule has 1 aromatic rings. The zero-order valence-electron chi connectivity index (χ0n) is 9.72. The largest absolute Gasteiger partial charge is 0.492 e. The fraction of sp³-hybridized carbons (Fsp3) is 0.500. The van der Waals surface area contributed by atoms with Crippen molar-refractivity contribution in [2.45, 2.75) is 6.92 Å². The van der Waals surface area contributed by atoms with Crippen LogP contribution in [0.2, 0.25) is 0 Å². The number of aliphatic hydroxyl groups is 1. The second-order valence-corrected chi connectivity index (χ2v) is 3.58. The summed E-state index contributed by atoms with van der Waals surface area (Å²) in [5, 5.41) is 8.82. The molecule has 0 unspecified atom stereocenters. The quantitative estimate of drug-likeness (QED) is 0.677. The summed E-state index contributed by atoms with van der Waals surface area (Å²) in [4.78, 5) is 2.14. The van der Waals surface area contributed by atoms with Crippen LogP contribution in [0.15, 0.2) is 24.3 Å². The van der Waals surface area contributed by atoms with Crippen molar-refractivity contribution in [3.63, 3.8) is 0 Å². The summed E-state index contributed by atoms with van der Waals surface area (Å²) in [7, 11) is 0. The van der Waals surface area contributed by atoms with Crippen LogP contribution in [0.1, 0.15) is 6.92 Å². The molecule has 4 nitrogen and oxygen atoms in total. The molecule has 90 valence electrons. The summed E-state index contributed by atoms with van der Waals surface area (Å²) in [6, 6.07) is 7.36. The van der Waals surface area contributed by atoms with Gasteiger partial charge in [-0.25, -0.2) is 0 Å². The summed E-state index contributed by atoms with van der Waals surface area (Å²) < 4.78 is 5.56. The van der Waals surface area contributed by atoms with Gasteiger partial charge in [-0.2, -0.15) is 0 Å². The average Bonchev–Trinajstić information content (AvgIpc) is 2.30. The van der Waals surface area contributed by atoms with E-state index < -0.39 is 0 Å². The van der Waals surface area contributed by atoms with E-state index in [1.807, 2.05) is 24.3 Å². The van der Waals surface area contributed by atoms with Gasteiger partial charge in [0.2, 0.25) is 0 Å². The lowest BCUT2D eigenvalue weighted by Crippen LogP contribution is -2.30. The number of nitrogen functional groups attached to an aromatic ring is 1.